The van der Waals surface area contributed by atoms with Gasteiger partial charge in [-0.2, -0.15) is 5.26 Å². The maximum atomic E-state index is 12.5. The van der Waals surface area contributed by atoms with Crippen LogP contribution in [0.3, 0.4) is 0 Å². The van der Waals surface area contributed by atoms with Gasteiger partial charge in [-0.25, -0.2) is 4.79 Å². The first-order valence-corrected chi connectivity index (χ1v) is 10.4. The van der Waals surface area contributed by atoms with Crippen LogP contribution in [0, 0.1) is 25.7 Å². The highest BCUT2D eigenvalue weighted by atomic mass is 127. The molecule has 0 aliphatic heterocycles. The van der Waals surface area contributed by atoms with Crippen molar-refractivity contribution in [2.24, 2.45) is 10.8 Å². The molecule has 1 aliphatic carbocycles. The summed E-state index contributed by atoms with van der Waals surface area (Å²) in [4.78, 5) is 12.5. The summed E-state index contributed by atoms with van der Waals surface area (Å²) in [6.45, 7) is 8.36. The van der Waals surface area contributed by atoms with Gasteiger partial charge in [-0.3, -0.25) is 0 Å². The third-order valence-electron chi connectivity index (χ3n) is 5.60. The molecule has 2 aromatic rings. The molecule has 6 nitrogen and oxygen atoms in total. The molecule has 1 fully saturated rings. The zero-order chi connectivity index (χ0) is 21.4. The van der Waals surface area contributed by atoms with Crippen LogP contribution in [0.1, 0.15) is 33.3 Å². The van der Waals surface area contributed by atoms with Crippen molar-refractivity contribution in [1.82, 2.24) is 5.32 Å². The third-order valence-corrected chi connectivity index (χ3v) is 6.49. The minimum atomic E-state index is -0.276. The Balaban J connectivity index is 1.69. The molecule has 0 atom stereocenters. The predicted octanol–water partition coefficient (Wildman–Crippen LogP) is 4.75. The molecule has 4 N–H and O–H groups in total. The van der Waals surface area contributed by atoms with Gasteiger partial charge in [-0.05, 0) is 65.1 Å². The van der Waals surface area contributed by atoms with E-state index in [0.29, 0.717) is 16.9 Å². The number of amides is 2. The number of anilines is 2. The van der Waals surface area contributed by atoms with Crippen LogP contribution in [-0.4, -0.2) is 18.2 Å². The number of hydrogen-bond donors (Lipinski definition) is 3. The Morgan fingerprint density at radius 1 is 1.14 bits per heavy atom. The summed E-state index contributed by atoms with van der Waals surface area (Å²) >= 11 is 2.14. The first-order chi connectivity index (χ1) is 13.6. The summed E-state index contributed by atoms with van der Waals surface area (Å²) in [7, 11) is 0. The van der Waals surface area contributed by atoms with Crippen LogP contribution in [0.15, 0.2) is 42.5 Å². The summed E-state index contributed by atoms with van der Waals surface area (Å²) in [5.41, 5.74) is 7.10. The van der Waals surface area contributed by atoms with Gasteiger partial charge in [0.25, 0.3) is 0 Å². The van der Waals surface area contributed by atoms with Crippen LogP contribution in [0.5, 0.6) is 5.75 Å². The fraction of sp³-hybridized carbons (Fsp3) is 0.364. The van der Waals surface area contributed by atoms with E-state index >= 15 is 0 Å². The van der Waals surface area contributed by atoms with Crippen LogP contribution in [-0.2, 0) is 0 Å². The predicted molar refractivity (Wildman–Crippen MR) is 123 cm³/mol. The average Bonchev–Trinajstić information content (AvgIpc) is 2.66. The van der Waals surface area contributed by atoms with Gasteiger partial charge in [-0.15, -0.1) is 0 Å². The van der Waals surface area contributed by atoms with Gasteiger partial charge in [0, 0.05) is 31.8 Å². The SMILES string of the molecule is CC1(C)C(NC(=O)Nc2ccc(N)cc2)C(C)(C)C1Oc1ccc(C#N)c(I)c1. The number of nitriles is 1. The Morgan fingerprint density at radius 2 is 1.76 bits per heavy atom. The van der Waals surface area contributed by atoms with Crippen LogP contribution < -0.4 is 21.1 Å². The molecule has 0 saturated heterocycles. The summed E-state index contributed by atoms with van der Waals surface area (Å²) < 4.78 is 7.16. The summed E-state index contributed by atoms with van der Waals surface area (Å²) in [6.07, 6.45) is -0.0967. The maximum absolute atomic E-state index is 12.5. The van der Waals surface area contributed by atoms with Crippen LogP contribution >= 0.6 is 22.6 Å². The molecule has 1 aliphatic rings. The normalized spacial score (nSPS) is 21.4. The maximum Gasteiger partial charge on any atom is 0.319 e. The molecule has 0 radical (unpaired) electrons. The minimum absolute atomic E-state index is 0.0776. The number of ether oxygens (including phenoxy) is 1. The summed E-state index contributed by atoms with van der Waals surface area (Å²) in [5.74, 6) is 0.726. The minimum Gasteiger partial charge on any atom is -0.489 e. The number of benzene rings is 2. The molecule has 2 amide bonds. The van der Waals surface area contributed by atoms with Crippen molar-refractivity contribution in [2.75, 3.05) is 11.1 Å². The second-order valence-corrected chi connectivity index (χ2v) is 9.71. The fourth-order valence-electron chi connectivity index (χ4n) is 4.46. The standard InChI is InChI=1S/C22H25IN4O2/c1-21(2)18(27-20(28)26-15-8-6-14(25)7-9-15)22(3,4)19(21)29-16-10-5-13(12-24)17(23)11-16/h5-11,18-19H,25H2,1-4H3,(H2,26,27,28). The molecule has 0 spiro atoms. The van der Waals surface area contributed by atoms with Gasteiger partial charge >= 0.3 is 6.03 Å². The van der Waals surface area contributed by atoms with E-state index in [2.05, 4.69) is 67.0 Å². The lowest BCUT2D eigenvalue weighted by atomic mass is 9.49. The van der Waals surface area contributed by atoms with E-state index in [1.165, 1.54) is 0 Å². The average molecular weight is 504 g/mol. The molecule has 29 heavy (non-hydrogen) atoms. The molecular formula is C22H25IN4O2. The highest BCUT2D eigenvalue weighted by Gasteiger charge is 2.64. The van der Waals surface area contributed by atoms with Crippen molar-refractivity contribution < 1.29 is 9.53 Å². The molecule has 0 bridgehead atoms. The highest BCUT2D eigenvalue weighted by molar-refractivity contribution is 14.1. The van der Waals surface area contributed by atoms with Crippen LogP contribution in [0.2, 0.25) is 0 Å². The molecule has 3 rings (SSSR count). The molecule has 152 valence electrons. The number of carbonyl (C=O) groups is 1. The molecule has 0 aromatic heterocycles. The lowest BCUT2D eigenvalue weighted by Gasteiger charge is -2.63. The number of nitrogens with one attached hydrogen (secondary N) is 2. The van der Waals surface area contributed by atoms with Crippen molar-refractivity contribution in [2.45, 2.75) is 39.8 Å². The lowest BCUT2D eigenvalue weighted by Crippen LogP contribution is -2.75. The fourth-order valence-corrected chi connectivity index (χ4v) is 5.07. The number of halogens is 1. The molecule has 1 saturated carbocycles. The Labute approximate surface area is 185 Å². The quantitative estimate of drug-likeness (QED) is 0.414. The molecular weight excluding hydrogens is 479 g/mol. The van der Waals surface area contributed by atoms with Crippen molar-refractivity contribution in [1.29, 1.82) is 5.26 Å². The van der Waals surface area contributed by atoms with E-state index in [4.69, 9.17) is 15.7 Å². The molecule has 2 aromatic carbocycles. The van der Waals surface area contributed by atoms with Gasteiger partial charge in [0.15, 0.2) is 0 Å². The lowest BCUT2D eigenvalue weighted by molar-refractivity contribution is -0.163. The molecule has 7 heteroatoms. The number of nitrogens with two attached hydrogens (primary N) is 1. The van der Waals surface area contributed by atoms with Crippen LogP contribution in [0.4, 0.5) is 16.2 Å². The zero-order valence-corrected chi connectivity index (χ0v) is 19.1. The van der Waals surface area contributed by atoms with E-state index in [1.54, 1.807) is 30.3 Å². The monoisotopic (exact) mass is 504 g/mol. The number of rotatable bonds is 4. The Morgan fingerprint density at radius 3 is 2.31 bits per heavy atom. The van der Waals surface area contributed by atoms with Crippen LogP contribution in [0.25, 0.3) is 0 Å². The van der Waals surface area contributed by atoms with E-state index in [9.17, 15) is 4.79 Å². The number of nitrogen functional groups attached to an aromatic ring is 1. The summed E-state index contributed by atoms with van der Waals surface area (Å²) in [6, 6.07) is 14.3. The zero-order valence-electron chi connectivity index (χ0n) is 16.9. The smallest absolute Gasteiger partial charge is 0.319 e. The van der Waals surface area contributed by atoms with E-state index in [1.807, 2.05) is 12.1 Å². The topological polar surface area (TPSA) is 100 Å². The van der Waals surface area contributed by atoms with Crippen molar-refractivity contribution in [3.63, 3.8) is 0 Å². The molecule has 0 heterocycles. The van der Waals surface area contributed by atoms with Gasteiger partial charge in [-0.1, -0.05) is 27.7 Å². The highest BCUT2D eigenvalue weighted by Crippen LogP contribution is 2.55. The van der Waals surface area contributed by atoms with Gasteiger partial charge in [0.05, 0.1) is 5.56 Å². The number of nitrogens with zero attached hydrogens (tertiary/aromatic N) is 1. The third kappa shape index (κ3) is 4.13. The van der Waals surface area contributed by atoms with E-state index < -0.39 is 0 Å². The number of urea groups is 1. The van der Waals surface area contributed by atoms with Gasteiger partial charge in [0.1, 0.15) is 17.9 Å². The Hall–Kier alpha value is -2.47. The van der Waals surface area contributed by atoms with E-state index in [0.717, 1.165) is 9.32 Å². The summed E-state index contributed by atoms with van der Waals surface area (Å²) in [5, 5.41) is 15.1. The second-order valence-electron chi connectivity index (χ2n) is 8.55. The van der Waals surface area contributed by atoms with Crippen molar-refractivity contribution in [3.05, 3.63) is 51.6 Å². The Kier molecular flexibility index (Phi) is 5.68. The first kappa shape index (κ1) is 21.2. The first-order valence-electron chi connectivity index (χ1n) is 9.35. The van der Waals surface area contributed by atoms with Gasteiger partial charge in [0.2, 0.25) is 0 Å². The molecule has 0 unspecified atom stereocenters. The van der Waals surface area contributed by atoms with Crippen molar-refractivity contribution in [3.8, 4) is 11.8 Å². The second kappa shape index (κ2) is 7.75. The number of hydrogen-bond acceptors (Lipinski definition) is 4. The largest absolute Gasteiger partial charge is 0.489 e. The number of carbonyl (C=O) groups excluding carboxylic acids is 1. The van der Waals surface area contributed by atoms with Crippen molar-refractivity contribution >= 4 is 40.0 Å². The van der Waals surface area contributed by atoms with Gasteiger partial charge < -0.3 is 21.1 Å². The Bertz CT molecular complexity index is 948. The van der Waals surface area contributed by atoms with E-state index in [-0.39, 0.29) is 29.0 Å².